The molecule has 0 radical (unpaired) electrons. The predicted octanol–water partition coefficient (Wildman–Crippen LogP) is 2.91. The van der Waals surface area contributed by atoms with E-state index >= 15 is 0 Å². The quantitative estimate of drug-likeness (QED) is 0.854. The Labute approximate surface area is 155 Å². The van der Waals surface area contributed by atoms with Crippen molar-refractivity contribution in [3.05, 3.63) is 29.3 Å². The Morgan fingerprint density at radius 1 is 1.23 bits per heavy atom. The molecule has 1 aromatic carbocycles. The Kier molecular flexibility index (Phi) is 4.30. The molecule has 2 aliphatic heterocycles. The van der Waals surface area contributed by atoms with E-state index in [1.54, 1.807) is 0 Å². The van der Waals surface area contributed by atoms with Gasteiger partial charge in [0, 0.05) is 41.6 Å². The maximum atomic E-state index is 12.7. The Bertz CT molecular complexity index is 731. The second-order valence-corrected chi connectivity index (χ2v) is 9.04. The first-order valence-corrected chi connectivity index (χ1v) is 9.82. The van der Waals surface area contributed by atoms with Crippen molar-refractivity contribution in [2.45, 2.75) is 51.4 Å². The largest absolute Gasteiger partial charge is 0.351 e. The summed E-state index contributed by atoms with van der Waals surface area (Å²) < 4.78 is 0. The number of likely N-dealkylation sites (tertiary alicyclic amines) is 1. The van der Waals surface area contributed by atoms with Gasteiger partial charge in [-0.1, -0.05) is 13.8 Å². The van der Waals surface area contributed by atoms with E-state index in [1.165, 1.54) is 38.8 Å². The summed E-state index contributed by atoms with van der Waals surface area (Å²) in [6, 6.07) is 5.63. The second kappa shape index (κ2) is 6.38. The molecule has 140 valence electrons. The molecular formula is C21H29N3O2. The van der Waals surface area contributed by atoms with E-state index in [1.807, 2.05) is 18.2 Å². The zero-order valence-corrected chi connectivity index (χ0v) is 15.9. The molecular weight excluding hydrogens is 326 g/mol. The Morgan fingerprint density at radius 3 is 2.65 bits per heavy atom. The molecule has 26 heavy (non-hydrogen) atoms. The van der Waals surface area contributed by atoms with Crippen LogP contribution in [0.3, 0.4) is 0 Å². The smallest absolute Gasteiger partial charge is 0.251 e. The standard InChI is InChI=1S/C21H29N3O2/c1-20(2)12-18(25)23-17-6-5-15(11-16(17)20)19(26)22-13-21(7-8-21)14-24-9-3-4-10-24/h5-6,11H,3-4,7-10,12-14H2,1-2H3,(H,22,26)(H,23,25). The molecule has 1 aliphatic carbocycles. The molecule has 4 rings (SSSR count). The summed E-state index contributed by atoms with van der Waals surface area (Å²) in [7, 11) is 0. The lowest BCUT2D eigenvalue weighted by Crippen LogP contribution is -2.37. The van der Waals surface area contributed by atoms with Gasteiger partial charge in [-0.05, 0) is 62.5 Å². The van der Waals surface area contributed by atoms with E-state index in [-0.39, 0.29) is 17.2 Å². The third-order valence-electron chi connectivity index (χ3n) is 6.23. The average Bonchev–Trinajstić information content (AvgIpc) is 3.15. The highest BCUT2D eigenvalue weighted by Crippen LogP contribution is 2.46. The first-order valence-electron chi connectivity index (χ1n) is 9.82. The van der Waals surface area contributed by atoms with E-state index in [4.69, 9.17) is 0 Å². The number of fused-ring (bicyclic) bond motifs is 1. The topological polar surface area (TPSA) is 61.4 Å². The number of rotatable bonds is 5. The van der Waals surface area contributed by atoms with Gasteiger partial charge in [-0.15, -0.1) is 0 Å². The van der Waals surface area contributed by atoms with Gasteiger partial charge in [0.05, 0.1) is 0 Å². The van der Waals surface area contributed by atoms with Crippen molar-refractivity contribution in [2.24, 2.45) is 5.41 Å². The summed E-state index contributed by atoms with van der Waals surface area (Å²) in [5.41, 5.74) is 2.60. The van der Waals surface area contributed by atoms with Crippen LogP contribution in [0.2, 0.25) is 0 Å². The summed E-state index contributed by atoms with van der Waals surface area (Å²) in [6.45, 7) is 8.42. The number of hydrogen-bond acceptors (Lipinski definition) is 3. The molecule has 0 bridgehead atoms. The number of hydrogen-bond donors (Lipinski definition) is 2. The van der Waals surface area contributed by atoms with Crippen LogP contribution in [0.25, 0.3) is 0 Å². The fraction of sp³-hybridized carbons (Fsp3) is 0.619. The fourth-order valence-corrected chi connectivity index (χ4v) is 4.40. The lowest BCUT2D eigenvalue weighted by Gasteiger charge is -2.32. The van der Waals surface area contributed by atoms with Gasteiger partial charge in [-0.25, -0.2) is 0 Å². The summed E-state index contributed by atoms with van der Waals surface area (Å²) in [5, 5.41) is 6.08. The van der Waals surface area contributed by atoms with Crippen LogP contribution in [0.1, 0.15) is 61.9 Å². The minimum absolute atomic E-state index is 0.00630. The number of nitrogens with one attached hydrogen (secondary N) is 2. The summed E-state index contributed by atoms with van der Waals surface area (Å²) in [5.74, 6) is 0.0329. The monoisotopic (exact) mass is 355 g/mol. The zero-order chi connectivity index (χ0) is 18.4. The van der Waals surface area contributed by atoms with Crippen molar-refractivity contribution in [3.8, 4) is 0 Å². The third kappa shape index (κ3) is 3.50. The van der Waals surface area contributed by atoms with Crippen molar-refractivity contribution in [1.29, 1.82) is 0 Å². The molecule has 2 N–H and O–H groups in total. The molecule has 0 aromatic heterocycles. The predicted molar refractivity (Wildman–Crippen MR) is 102 cm³/mol. The van der Waals surface area contributed by atoms with Gasteiger partial charge in [0.15, 0.2) is 0 Å². The molecule has 2 heterocycles. The third-order valence-corrected chi connectivity index (χ3v) is 6.23. The van der Waals surface area contributed by atoms with Crippen LogP contribution in [-0.2, 0) is 10.2 Å². The number of amides is 2. The highest BCUT2D eigenvalue weighted by Gasteiger charge is 2.44. The van der Waals surface area contributed by atoms with Crippen LogP contribution in [0.4, 0.5) is 5.69 Å². The van der Waals surface area contributed by atoms with E-state index in [0.29, 0.717) is 17.4 Å². The van der Waals surface area contributed by atoms with Crippen molar-refractivity contribution in [3.63, 3.8) is 0 Å². The average molecular weight is 355 g/mol. The van der Waals surface area contributed by atoms with Crippen LogP contribution in [-0.4, -0.2) is 42.9 Å². The molecule has 5 nitrogen and oxygen atoms in total. The van der Waals surface area contributed by atoms with Gasteiger partial charge < -0.3 is 15.5 Å². The molecule has 0 atom stereocenters. The number of anilines is 1. The van der Waals surface area contributed by atoms with Crippen LogP contribution in [0.15, 0.2) is 18.2 Å². The van der Waals surface area contributed by atoms with E-state index < -0.39 is 0 Å². The first-order chi connectivity index (χ1) is 12.4. The number of benzene rings is 1. The van der Waals surface area contributed by atoms with Crippen molar-refractivity contribution in [2.75, 3.05) is 31.5 Å². The van der Waals surface area contributed by atoms with Crippen molar-refractivity contribution >= 4 is 17.5 Å². The molecule has 1 saturated carbocycles. The maximum absolute atomic E-state index is 12.7. The minimum atomic E-state index is -0.249. The normalized spacial score (nSPS) is 23.2. The maximum Gasteiger partial charge on any atom is 0.251 e. The molecule has 1 saturated heterocycles. The Morgan fingerprint density at radius 2 is 1.96 bits per heavy atom. The molecule has 2 amide bonds. The van der Waals surface area contributed by atoms with Gasteiger partial charge in [-0.3, -0.25) is 9.59 Å². The van der Waals surface area contributed by atoms with Crippen molar-refractivity contribution < 1.29 is 9.59 Å². The number of carbonyl (C=O) groups is 2. The number of nitrogens with zero attached hydrogens (tertiary/aromatic N) is 1. The van der Waals surface area contributed by atoms with Gasteiger partial charge in [0.25, 0.3) is 5.91 Å². The molecule has 0 unspecified atom stereocenters. The lowest BCUT2D eigenvalue weighted by atomic mass is 9.77. The molecule has 1 aromatic rings. The highest BCUT2D eigenvalue weighted by molar-refractivity contribution is 5.98. The van der Waals surface area contributed by atoms with E-state index in [9.17, 15) is 9.59 Å². The molecule has 5 heteroatoms. The second-order valence-electron chi connectivity index (χ2n) is 9.04. The fourth-order valence-electron chi connectivity index (χ4n) is 4.40. The first kappa shape index (κ1) is 17.5. The number of carbonyl (C=O) groups excluding carboxylic acids is 2. The summed E-state index contributed by atoms with van der Waals surface area (Å²) >= 11 is 0. The van der Waals surface area contributed by atoms with Gasteiger partial charge >= 0.3 is 0 Å². The van der Waals surface area contributed by atoms with Crippen LogP contribution in [0.5, 0.6) is 0 Å². The highest BCUT2D eigenvalue weighted by atomic mass is 16.2. The van der Waals surface area contributed by atoms with Crippen LogP contribution >= 0.6 is 0 Å². The van der Waals surface area contributed by atoms with Gasteiger partial charge in [0.2, 0.25) is 5.91 Å². The van der Waals surface area contributed by atoms with Gasteiger partial charge in [-0.2, -0.15) is 0 Å². The molecule has 3 aliphatic rings. The zero-order valence-electron chi connectivity index (χ0n) is 15.9. The van der Waals surface area contributed by atoms with Crippen molar-refractivity contribution in [1.82, 2.24) is 10.2 Å². The summed E-state index contributed by atoms with van der Waals surface area (Å²) in [6.07, 6.45) is 5.50. The summed E-state index contributed by atoms with van der Waals surface area (Å²) in [4.78, 5) is 27.1. The van der Waals surface area contributed by atoms with Crippen LogP contribution in [0, 0.1) is 5.41 Å². The van der Waals surface area contributed by atoms with E-state index in [2.05, 4.69) is 29.4 Å². The van der Waals surface area contributed by atoms with E-state index in [0.717, 1.165) is 24.3 Å². The van der Waals surface area contributed by atoms with Crippen LogP contribution < -0.4 is 10.6 Å². The Hall–Kier alpha value is -1.88. The SMILES string of the molecule is CC1(C)CC(=O)Nc2ccc(C(=O)NCC3(CN4CCCC4)CC3)cc21. The molecule has 2 fully saturated rings. The van der Waals surface area contributed by atoms with Gasteiger partial charge in [0.1, 0.15) is 0 Å². The molecule has 0 spiro atoms. The Balaban J connectivity index is 1.42. The lowest BCUT2D eigenvalue weighted by molar-refractivity contribution is -0.117. The minimum Gasteiger partial charge on any atom is -0.351 e.